The zero-order valence-corrected chi connectivity index (χ0v) is 10.5. The standard InChI is InChI=1S/C14H22O4/c15-8-6-13(16)10-14(17)7-9-18-11-12-4-2-1-3-5-12/h1-5,13-17H,6-11H2/t13-,14-/m0/s1. The molecule has 0 amide bonds. The molecule has 0 aliphatic carbocycles. The number of aliphatic hydroxyl groups excluding tert-OH is 3. The van der Waals surface area contributed by atoms with Crippen molar-refractivity contribution < 1.29 is 20.1 Å². The van der Waals surface area contributed by atoms with E-state index in [-0.39, 0.29) is 13.0 Å². The van der Waals surface area contributed by atoms with Gasteiger partial charge in [0.25, 0.3) is 0 Å². The van der Waals surface area contributed by atoms with E-state index in [1.807, 2.05) is 30.3 Å². The number of hydrogen-bond donors (Lipinski definition) is 3. The molecule has 0 aliphatic heterocycles. The Bertz CT molecular complexity index is 302. The normalized spacial score (nSPS) is 14.4. The maximum absolute atomic E-state index is 9.62. The quantitative estimate of drug-likeness (QED) is 0.577. The molecule has 3 N–H and O–H groups in total. The molecule has 1 rings (SSSR count). The SMILES string of the molecule is OCC[C@H](O)C[C@@H](O)CCOCc1ccccc1. The molecule has 0 saturated heterocycles. The number of rotatable bonds is 9. The van der Waals surface area contributed by atoms with E-state index in [0.29, 0.717) is 26.1 Å². The first-order chi connectivity index (χ1) is 8.72. The van der Waals surface area contributed by atoms with Crippen molar-refractivity contribution in [1.29, 1.82) is 0 Å². The molecule has 4 nitrogen and oxygen atoms in total. The molecule has 0 unspecified atom stereocenters. The van der Waals surface area contributed by atoms with Crippen LogP contribution in [0, 0.1) is 0 Å². The van der Waals surface area contributed by atoms with Crippen molar-refractivity contribution in [3.05, 3.63) is 35.9 Å². The van der Waals surface area contributed by atoms with Crippen LogP contribution in [0.1, 0.15) is 24.8 Å². The third kappa shape index (κ3) is 6.71. The predicted octanol–water partition coefficient (Wildman–Crippen LogP) is 1.09. The fourth-order valence-electron chi connectivity index (χ4n) is 1.68. The summed E-state index contributed by atoms with van der Waals surface area (Å²) < 4.78 is 5.44. The van der Waals surface area contributed by atoms with Crippen molar-refractivity contribution in [2.24, 2.45) is 0 Å². The van der Waals surface area contributed by atoms with Crippen LogP contribution in [-0.4, -0.2) is 40.7 Å². The van der Waals surface area contributed by atoms with Gasteiger partial charge in [-0.25, -0.2) is 0 Å². The molecule has 1 aromatic rings. The minimum Gasteiger partial charge on any atom is -0.396 e. The summed E-state index contributed by atoms with van der Waals surface area (Å²) in [6.45, 7) is 0.938. The lowest BCUT2D eigenvalue weighted by Crippen LogP contribution is -2.20. The van der Waals surface area contributed by atoms with Crippen LogP contribution >= 0.6 is 0 Å². The highest BCUT2D eigenvalue weighted by Gasteiger charge is 2.11. The molecule has 0 aromatic heterocycles. The number of ether oxygens (including phenoxy) is 1. The van der Waals surface area contributed by atoms with E-state index >= 15 is 0 Å². The van der Waals surface area contributed by atoms with Crippen molar-refractivity contribution in [2.45, 2.75) is 38.1 Å². The van der Waals surface area contributed by atoms with Crippen molar-refractivity contribution in [2.75, 3.05) is 13.2 Å². The maximum atomic E-state index is 9.62. The van der Waals surface area contributed by atoms with Crippen molar-refractivity contribution in [3.63, 3.8) is 0 Å². The van der Waals surface area contributed by atoms with Gasteiger partial charge in [0.1, 0.15) is 0 Å². The van der Waals surface area contributed by atoms with Crippen molar-refractivity contribution in [1.82, 2.24) is 0 Å². The summed E-state index contributed by atoms with van der Waals surface area (Å²) in [5.74, 6) is 0. The molecule has 0 radical (unpaired) electrons. The van der Waals surface area contributed by atoms with Gasteiger partial charge in [-0.15, -0.1) is 0 Å². The molecule has 2 atom stereocenters. The zero-order chi connectivity index (χ0) is 13.2. The van der Waals surface area contributed by atoms with Gasteiger partial charge in [0.05, 0.1) is 18.8 Å². The summed E-state index contributed by atoms with van der Waals surface area (Å²) in [6, 6.07) is 9.84. The Morgan fingerprint density at radius 2 is 1.67 bits per heavy atom. The zero-order valence-electron chi connectivity index (χ0n) is 10.5. The number of benzene rings is 1. The smallest absolute Gasteiger partial charge is 0.0716 e. The predicted molar refractivity (Wildman–Crippen MR) is 69.0 cm³/mol. The van der Waals surface area contributed by atoms with Gasteiger partial charge in [0.2, 0.25) is 0 Å². The summed E-state index contributed by atoms with van der Waals surface area (Å²) >= 11 is 0. The lowest BCUT2D eigenvalue weighted by Gasteiger charge is -2.14. The lowest BCUT2D eigenvalue weighted by molar-refractivity contribution is 0.0343. The molecule has 0 aliphatic rings. The second-order valence-corrected chi connectivity index (χ2v) is 4.38. The average molecular weight is 254 g/mol. The highest BCUT2D eigenvalue weighted by molar-refractivity contribution is 5.13. The van der Waals surface area contributed by atoms with Crippen LogP contribution in [0.15, 0.2) is 30.3 Å². The Balaban J connectivity index is 2.07. The highest BCUT2D eigenvalue weighted by atomic mass is 16.5. The van der Waals surface area contributed by atoms with Gasteiger partial charge in [-0.1, -0.05) is 30.3 Å². The monoisotopic (exact) mass is 254 g/mol. The summed E-state index contributed by atoms with van der Waals surface area (Å²) in [7, 11) is 0. The third-order valence-corrected chi connectivity index (χ3v) is 2.71. The largest absolute Gasteiger partial charge is 0.396 e. The molecule has 0 spiro atoms. The molecule has 18 heavy (non-hydrogen) atoms. The fraction of sp³-hybridized carbons (Fsp3) is 0.571. The maximum Gasteiger partial charge on any atom is 0.0716 e. The molecule has 0 fully saturated rings. The van der Waals surface area contributed by atoms with Gasteiger partial charge in [-0.3, -0.25) is 0 Å². The van der Waals surface area contributed by atoms with Crippen LogP contribution < -0.4 is 0 Å². The van der Waals surface area contributed by atoms with Gasteiger partial charge in [0.15, 0.2) is 0 Å². The Labute approximate surface area is 108 Å². The molecule has 102 valence electrons. The van der Waals surface area contributed by atoms with Crippen LogP contribution in [0.25, 0.3) is 0 Å². The molecular formula is C14H22O4. The first-order valence-electron chi connectivity index (χ1n) is 6.31. The average Bonchev–Trinajstić information content (AvgIpc) is 2.36. The highest BCUT2D eigenvalue weighted by Crippen LogP contribution is 2.07. The van der Waals surface area contributed by atoms with E-state index in [9.17, 15) is 10.2 Å². The topological polar surface area (TPSA) is 69.9 Å². The van der Waals surface area contributed by atoms with E-state index < -0.39 is 12.2 Å². The van der Waals surface area contributed by atoms with Crippen LogP contribution in [0.5, 0.6) is 0 Å². The van der Waals surface area contributed by atoms with E-state index in [1.165, 1.54) is 0 Å². The molecule has 0 saturated carbocycles. The van der Waals surface area contributed by atoms with E-state index in [0.717, 1.165) is 5.56 Å². The van der Waals surface area contributed by atoms with Gasteiger partial charge < -0.3 is 20.1 Å². The van der Waals surface area contributed by atoms with Crippen LogP contribution in [0.4, 0.5) is 0 Å². The van der Waals surface area contributed by atoms with E-state index in [2.05, 4.69) is 0 Å². The fourth-order valence-corrected chi connectivity index (χ4v) is 1.68. The Morgan fingerprint density at radius 1 is 1.00 bits per heavy atom. The number of aliphatic hydroxyl groups is 3. The molecular weight excluding hydrogens is 232 g/mol. The van der Waals surface area contributed by atoms with Gasteiger partial charge in [-0.05, 0) is 24.8 Å². The minimum atomic E-state index is -0.640. The molecule has 1 aromatic carbocycles. The summed E-state index contributed by atoms with van der Waals surface area (Å²) in [5, 5.41) is 27.6. The van der Waals surface area contributed by atoms with Crippen LogP contribution in [0.2, 0.25) is 0 Å². The van der Waals surface area contributed by atoms with E-state index in [1.54, 1.807) is 0 Å². The van der Waals surface area contributed by atoms with Gasteiger partial charge in [-0.2, -0.15) is 0 Å². The molecule has 4 heteroatoms. The molecule has 0 heterocycles. The van der Waals surface area contributed by atoms with E-state index in [4.69, 9.17) is 9.84 Å². The second-order valence-electron chi connectivity index (χ2n) is 4.38. The van der Waals surface area contributed by atoms with Gasteiger partial charge >= 0.3 is 0 Å². The van der Waals surface area contributed by atoms with Crippen molar-refractivity contribution >= 4 is 0 Å². The number of hydrogen-bond acceptors (Lipinski definition) is 4. The third-order valence-electron chi connectivity index (χ3n) is 2.71. The van der Waals surface area contributed by atoms with Crippen LogP contribution in [-0.2, 0) is 11.3 Å². The minimum absolute atomic E-state index is 0.0571. The lowest BCUT2D eigenvalue weighted by atomic mass is 10.1. The first-order valence-corrected chi connectivity index (χ1v) is 6.31. The van der Waals surface area contributed by atoms with Crippen LogP contribution in [0.3, 0.4) is 0 Å². The Hall–Kier alpha value is -0.940. The summed E-state index contributed by atoms with van der Waals surface area (Å²) in [6.07, 6.45) is -0.131. The first kappa shape index (κ1) is 15.1. The molecule has 0 bridgehead atoms. The summed E-state index contributed by atoms with van der Waals surface area (Å²) in [4.78, 5) is 0. The summed E-state index contributed by atoms with van der Waals surface area (Å²) in [5.41, 5.74) is 1.10. The van der Waals surface area contributed by atoms with Gasteiger partial charge in [0, 0.05) is 13.2 Å². The Morgan fingerprint density at radius 3 is 2.33 bits per heavy atom. The Kier molecular flexibility index (Phi) is 7.60. The second kappa shape index (κ2) is 9.05. The van der Waals surface area contributed by atoms with Crippen molar-refractivity contribution in [3.8, 4) is 0 Å².